The second-order valence-electron chi connectivity index (χ2n) is 4.13. The van der Waals surface area contributed by atoms with Crippen LogP contribution in [0.5, 0.6) is 0 Å². The number of rotatable bonds is 2. The summed E-state index contributed by atoms with van der Waals surface area (Å²) in [5.41, 5.74) is 7.25. The van der Waals surface area contributed by atoms with Crippen molar-refractivity contribution in [1.82, 2.24) is 9.78 Å². The van der Waals surface area contributed by atoms with Crippen LogP contribution in [0.2, 0.25) is 0 Å². The summed E-state index contributed by atoms with van der Waals surface area (Å²) in [4.78, 5) is 0. The van der Waals surface area contributed by atoms with Gasteiger partial charge in [0, 0.05) is 38.4 Å². The summed E-state index contributed by atoms with van der Waals surface area (Å²) in [5.74, 6) is 0. The van der Waals surface area contributed by atoms with Crippen molar-refractivity contribution in [2.24, 2.45) is 12.8 Å². The van der Waals surface area contributed by atoms with E-state index in [1.807, 2.05) is 24.0 Å². The van der Waals surface area contributed by atoms with Crippen LogP contribution in [0.4, 0.5) is 0 Å². The van der Waals surface area contributed by atoms with E-state index in [2.05, 4.69) is 5.10 Å². The van der Waals surface area contributed by atoms with Crippen LogP contribution in [0.25, 0.3) is 0 Å². The van der Waals surface area contributed by atoms with Gasteiger partial charge in [-0.05, 0) is 18.9 Å². The van der Waals surface area contributed by atoms with Crippen molar-refractivity contribution in [2.75, 3.05) is 13.2 Å². The normalized spacial score (nSPS) is 21.0. The third-order valence-corrected chi connectivity index (χ3v) is 2.79. The van der Waals surface area contributed by atoms with Gasteiger partial charge in [0.2, 0.25) is 0 Å². The highest BCUT2D eigenvalue weighted by Gasteiger charge is 2.28. The molecule has 1 aliphatic rings. The molecule has 2 heterocycles. The lowest BCUT2D eigenvalue weighted by Gasteiger charge is -2.32. The van der Waals surface area contributed by atoms with Crippen LogP contribution in [0.3, 0.4) is 0 Å². The summed E-state index contributed by atoms with van der Waals surface area (Å²) < 4.78 is 7.12. The molecule has 14 heavy (non-hydrogen) atoms. The minimum absolute atomic E-state index is 0.105. The van der Waals surface area contributed by atoms with Crippen LogP contribution in [-0.4, -0.2) is 28.5 Å². The molecule has 2 rings (SSSR count). The fourth-order valence-corrected chi connectivity index (χ4v) is 1.87. The molecule has 1 aromatic heterocycles. The van der Waals surface area contributed by atoms with Crippen LogP contribution in [0.1, 0.15) is 18.5 Å². The number of hydrogen-bond donors (Lipinski definition) is 1. The lowest BCUT2D eigenvalue weighted by atomic mass is 9.87. The standard InChI is InChI=1S/C10H17N3O/c1-13-5-2-9(12-13)8-10(11)3-6-14-7-4-10/h2,5H,3-4,6-8,11H2,1H3. The molecule has 2 N–H and O–H groups in total. The Morgan fingerprint density at radius 3 is 2.86 bits per heavy atom. The van der Waals surface area contributed by atoms with Crippen molar-refractivity contribution in [2.45, 2.75) is 24.8 Å². The minimum atomic E-state index is -0.105. The predicted octanol–water partition coefficient (Wildman–Crippen LogP) is 0.470. The third kappa shape index (κ3) is 2.13. The van der Waals surface area contributed by atoms with Crippen LogP contribution < -0.4 is 5.73 Å². The number of hydrogen-bond acceptors (Lipinski definition) is 3. The van der Waals surface area contributed by atoms with E-state index in [1.165, 1.54) is 0 Å². The van der Waals surface area contributed by atoms with Gasteiger partial charge < -0.3 is 10.5 Å². The molecule has 1 aliphatic heterocycles. The van der Waals surface area contributed by atoms with E-state index in [1.54, 1.807) is 0 Å². The molecule has 1 fully saturated rings. The van der Waals surface area contributed by atoms with E-state index in [4.69, 9.17) is 10.5 Å². The largest absolute Gasteiger partial charge is 0.381 e. The van der Waals surface area contributed by atoms with Crippen molar-refractivity contribution in [3.05, 3.63) is 18.0 Å². The average molecular weight is 195 g/mol. The molecule has 0 atom stereocenters. The fourth-order valence-electron chi connectivity index (χ4n) is 1.87. The topological polar surface area (TPSA) is 53.1 Å². The lowest BCUT2D eigenvalue weighted by Crippen LogP contribution is -2.47. The third-order valence-electron chi connectivity index (χ3n) is 2.79. The molecule has 1 saturated heterocycles. The quantitative estimate of drug-likeness (QED) is 0.746. The van der Waals surface area contributed by atoms with Crippen molar-refractivity contribution in [3.63, 3.8) is 0 Å². The number of nitrogens with zero attached hydrogens (tertiary/aromatic N) is 2. The Hall–Kier alpha value is -0.870. The highest BCUT2D eigenvalue weighted by molar-refractivity contribution is 5.06. The van der Waals surface area contributed by atoms with Crippen molar-refractivity contribution >= 4 is 0 Å². The van der Waals surface area contributed by atoms with Gasteiger partial charge in [-0.1, -0.05) is 0 Å². The molecule has 4 nitrogen and oxygen atoms in total. The summed E-state index contributed by atoms with van der Waals surface area (Å²) in [6, 6.07) is 2.03. The smallest absolute Gasteiger partial charge is 0.0642 e. The Morgan fingerprint density at radius 2 is 2.29 bits per heavy atom. The lowest BCUT2D eigenvalue weighted by molar-refractivity contribution is 0.0530. The van der Waals surface area contributed by atoms with Gasteiger partial charge >= 0.3 is 0 Å². The van der Waals surface area contributed by atoms with Gasteiger partial charge in [0.15, 0.2) is 0 Å². The van der Waals surface area contributed by atoms with Gasteiger partial charge in [-0.15, -0.1) is 0 Å². The average Bonchev–Trinajstić information content (AvgIpc) is 2.51. The van der Waals surface area contributed by atoms with E-state index in [0.717, 1.165) is 38.2 Å². The number of ether oxygens (including phenoxy) is 1. The Balaban J connectivity index is 2.01. The summed E-state index contributed by atoms with van der Waals surface area (Å²) in [5, 5.41) is 4.35. The second-order valence-corrected chi connectivity index (χ2v) is 4.13. The molecule has 0 radical (unpaired) electrons. The Morgan fingerprint density at radius 1 is 1.57 bits per heavy atom. The first kappa shape index (κ1) is 9.68. The van der Waals surface area contributed by atoms with Crippen LogP contribution in [-0.2, 0) is 18.2 Å². The summed E-state index contributed by atoms with van der Waals surface area (Å²) >= 11 is 0. The van der Waals surface area contributed by atoms with E-state index in [9.17, 15) is 0 Å². The van der Waals surface area contributed by atoms with Crippen molar-refractivity contribution in [3.8, 4) is 0 Å². The number of aryl methyl sites for hydroxylation is 1. The first-order valence-electron chi connectivity index (χ1n) is 5.03. The molecule has 0 bridgehead atoms. The van der Waals surface area contributed by atoms with E-state index >= 15 is 0 Å². The number of aromatic nitrogens is 2. The molecule has 0 aliphatic carbocycles. The van der Waals surface area contributed by atoms with Gasteiger partial charge in [0.25, 0.3) is 0 Å². The highest BCUT2D eigenvalue weighted by Crippen LogP contribution is 2.21. The molecule has 4 heteroatoms. The molecule has 0 saturated carbocycles. The van der Waals surface area contributed by atoms with Crippen LogP contribution >= 0.6 is 0 Å². The summed E-state index contributed by atoms with van der Waals surface area (Å²) in [7, 11) is 1.93. The highest BCUT2D eigenvalue weighted by atomic mass is 16.5. The first-order valence-corrected chi connectivity index (χ1v) is 5.03. The summed E-state index contributed by atoms with van der Waals surface area (Å²) in [6.45, 7) is 1.56. The zero-order valence-electron chi connectivity index (χ0n) is 8.57. The van der Waals surface area contributed by atoms with Crippen LogP contribution in [0.15, 0.2) is 12.3 Å². The number of nitrogens with two attached hydrogens (primary N) is 1. The van der Waals surface area contributed by atoms with E-state index in [-0.39, 0.29) is 5.54 Å². The molecule has 0 unspecified atom stereocenters. The molecule has 1 aromatic rings. The second kappa shape index (κ2) is 3.71. The molecule has 78 valence electrons. The maximum absolute atomic E-state index is 6.27. The molecular formula is C10H17N3O. The van der Waals surface area contributed by atoms with Gasteiger partial charge in [0.05, 0.1) is 5.69 Å². The van der Waals surface area contributed by atoms with Crippen LogP contribution in [0, 0.1) is 0 Å². The van der Waals surface area contributed by atoms with Gasteiger partial charge in [-0.25, -0.2) is 0 Å². The SMILES string of the molecule is Cn1ccc(CC2(N)CCOCC2)n1. The van der Waals surface area contributed by atoms with Crippen molar-refractivity contribution < 1.29 is 4.74 Å². The van der Waals surface area contributed by atoms with E-state index in [0.29, 0.717) is 0 Å². The molecular weight excluding hydrogens is 178 g/mol. The van der Waals surface area contributed by atoms with Crippen molar-refractivity contribution in [1.29, 1.82) is 0 Å². The Bertz CT molecular complexity index is 302. The maximum Gasteiger partial charge on any atom is 0.0642 e. The van der Waals surface area contributed by atoms with Gasteiger partial charge in [-0.3, -0.25) is 4.68 Å². The van der Waals surface area contributed by atoms with E-state index < -0.39 is 0 Å². The monoisotopic (exact) mass is 195 g/mol. The molecule has 0 aromatic carbocycles. The maximum atomic E-state index is 6.27. The molecule has 0 amide bonds. The van der Waals surface area contributed by atoms with Gasteiger partial charge in [0.1, 0.15) is 0 Å². The zero-order valence-corrected chi connectivity index (χ0v) is 8.57. The Kier molecular flexibility index (Phi) is 2.56. The van der Waals surface area contributed by atoms with Gasteiger partial charge in [-0.2, -0.15) is 5.10 Å². The minimum Gasteiger partial charge on any atom is -0.381 e. The predicted molar refractivity (Wildman–Crippen MR) is 53.9 cm³/mol. The fraction of sp³-hybridized carbons (Fsp3) is 0.700. The zero-order chi connectivity index (χ0) is 10.0. The first-order chi connectivity index (χ1) is 6.68. The Labute approximate surface area is 84.0 Å². The summed E-state index contributed by atoms with van der Waals surface area (Å²) in [6.07, 6.45) is 4.68. The molecule has 0 spiro atoms.